The van der Waals surface area contributed by atoms with Crippen LogP contribution in [0.5, 0.6) is 5.75 Å². The number of ether oxygens (including phenoxy) is 2. The number of rotatable bonds is 9. The molecule has 0 amide bonds. The molecule has 1 saturated heterocycles. The number of guanidine groups is 1. The Morgan fingerprint density at radius 3 is 2.78 bits per heavy atom. The van der Waals surface area contributed by atoms with Crippen LogP contribution in [0.4, 0.5) is 0 Å². The van der Waals surface area contributed by atoms with Gasteiger partial charge in [-0.15, -0.1) is 24.0 Å². The molecule has 7 heteroatoms. The standard InChI is InChI=1S/C20H32N4O2.HI/c1-4-11-26-19-8-6-5-7-18(19)15-23-20(21-3)22-14-17(2)16-24-9-12-25-13-10-24;/h4-8,17H,1,9-16H2,2-3H3,(H2,21,22,23);1H. The van der Waals surface area contributed by atoms with Gasteiger partial charge in [-0.3, -0.25) is 9.89 Å². The molecule has 0 aliphatic carbocycles. The van der Waals surface area contributed by atoms with E-state index in [9.17, 15) is 0 Å². The van der Waals surface area contributed by atoms with Gasteiger partial charge in [-0.25, -0.2) is 0 Å². The fraction of sp³-hybridized carbons (Fsp3) is 0.550. The van der Waals surface area contributed by atoms with Crippen LogP contribution in [0.1, 0.15) is 12.5 Å². The van der Waals surface area contributed by atoms with Crippen molar-refractivity contribution in [3.63, 3.8) is 0 Å². The van der Waals surface area contributed by atoms with Crippen LogP contribution in [0, 0.1) is 5.92 Å². The third-order valence-electron chi connectivity index (χ3n) is 4.29. The number of aliphatic imine (C=N–C) groups is 1. The van der Waals surface area contributed by atoms with Gasteiger partial charge in [-0.1, -0.05) is 37.8 Å². The van der Waals surface area contributed by atoms with Gasteiger partial charge < -0.3 is 20.1 Å². The van der Waals surface area contributed by atoms with E-state index in [1.165, 1.54) is 0 Å². The third kappa shape index (κ3) is 8.94. The van der Waals surface area contributed by atoms with Crippen molar-refractivity contribution < 1.29 is 9.47 Å². The molecule has 1 unspecified atom stereocenters. The van der Waals surface area contributed by atoms with E-state index in [2.05, 4.69) is 40.1 Å². The Balaban J connectivity index is 0.00000364. The average molecular weight is 488 g/mol. The van der Waals surface area contributed by atoms with Crippen molar-refractivity contribution in [1.29, 1.82) is 0 Å². The molecule has 1 heterocycles. The normalized spacial score (nSPS) is 16.1. The number of benzene rings is 1. The first-order valence-corrected chi connectivity index (χ1v) is 9.29. The van der Waals surface area contributed by atoms with Crippen LogP contribution < -0.4 is 15.4 Å². The lowest BCUT2D eigenvalue weighted by Crippen LogP contribution is -2.43. The first-order valence-electron chi connectivity index (χ1n) is 9.29. The molecule has 0 radical (unpaired) electrons. The van der Waals surface area contributed by atoms with Crippen LogP contribution in [0.3, 0.4) is 0 Å². The Hall–Kier alpha value is -1.32. The Bertz CT molecular complexity index is 577. The average Bonchev–Trinajstić information content (AvgIpc) is 2.68. The van der Waals surface area contributed by atoms with Crippen molar-refractivity contribution >= 4 is 29.9 Å². The van der Waals surface area contributed by atoms with Gasteiger partial charge in [0.15, 0.2) is 5.96 Å². The Kier molecular flexibility index (Phi) is 12.1. The van der Waals surface area contributed by atoms with Crippen molar-refractivity contribution in [2.45, 2.75) is 13.5 Å². The highest BCUT2D eigenvalue weighted by molar-refractivity contribution is 14.0. The van der Waals surface area contributed by atoms with Crippen LogP contribution in [0.25, 0.3) is 0 Å². The van der Waals surface area contributed by atoms with E-state index in [-0.39, 0.29) is 24.0 Å². The van der Waals surface area contributed by atoms with Gasteiger partial charge in [0.2, 0.25) is 0 Å². The molecule has 0 aromatic heterocycles. The van der Waals surface area contributed by atoms with E-state index in [4.69, 9.17) is 9.47 Å². The van der Waals surface area contributed by atoms with Crippen molar-refractivity contribution in [2.24, 2.45) is 10.9 Å². The maximum absolute atomic E-state index is 5.70. The van der Waals surface area contributed by atoms with E-state index in [0.717, 1.165) is 56.7 Å². The summed E-state index contributed by atoms with van der Waals surface area (Å²) < 4.78 is 11.1. The number of para-hydroxylation sites is 1. The molecular formula is C20H33IN4O2. The summed E-state index contributed by atoms with van der Waals surface area (Å²) in [5.41, 5.74) is 1.10. The number of hydrogen-bond donors (Lipinski definition) is 2. The zero-order chi connectivity index (χ0) is 18.6. The summed E-state index contributed by atoms with van der Waals surface area (Å²) in [4.78, 5) is 6.78. The largest absolute Gasteiger partial charge is 0.489 e. The van der Waals surface area contributed by atoms with Crippen molar-refractivity contribution in [1.82, 2.24) is 15.5 Å². The first-order chi connectivity index (χ1) is 12.7. The Morgan fingerprint density at radius 1 is 1.33 bits per heavy atom. The summed E-state index contributed by atoms with van der Waals surface area (Å²) in [6, 6.07) is 8.02. The van der Waals surface area contributed by atoms with Gasteiger partial charge in [0, 0.05) is 45.3 Å². The molecular weight excluding hydrogens is 455 g/mol. The van der Waals surface area contributed by atoms with Gasteiger partial charge >= 0.3 is 0 Å². The molecule has 1 aliphatic rings. The summed E-state index contributed by atoms with van der Waals surface area (Å²) >= 11 is 0. The van der Waals surface area contributed by atoms with E-state index < -0.39 is 0 Å². The second-order valence-corrected chi connectivity index (χ2v) is 6.53. The highest BCUT2D eigenvalue weighted by Crippen LogP contribution is 2.17. The highest BCUT2D eigenvalue weighted by atomic mass is 127. The molecule has 6 nitrogen and oxygen atoms in total. The lowest BCUT2D eigenvalue weighted by Gasteiger charge is -2.29. The quantitative estimate of drug-likeness (QED) is 0.242. The van der Waals surface area contributed by atoms with Crippen LogP contribution in [-0.2, 0) is 11.3 Å². The minimum atomic E-state index is 0. The Labute approximate surface area is 180 Å². The fourth-order valence-electron chi connectivity index (χ4n) is 2.90. The smallest absolute Gasteiger partial charge is 0.191 e. The molecule has 27 heavy (non-hydrogen) atoms. The maximum atomic E-state index is 5.70. The fourth-order valence-corrected chi connectivity index (χ4v) is 2.90. The van der Waals surface area contributed by atoms with Gasteiger partial charge in [0.25, 0.3) is 0 Å². The van der Waals surface area contributed by atoms with E-state index >= 15 is 0 Å². The maximum Gasteiger partial charge on any atom is 0.191 e. The number of hydrogen-bond acceptors (Lipinski definition) is 4. The summed E-state index contributed by atoms with van der Waals surface area (Å²) in [5.74, 6) is 2.21. The highest BCUT2D eigenvalue weighted by Gasteiger charge is 2.14. The van der Waals surface area contributed by atoms with Crippen molar-refractivity contribution in [3.8, 4) is 5.75 Å². The lowest BCUT2D eigenvalue weighted by molar-refractivity contribution is 0.0320. The summed E-state index contributed by atoms with van der Waals surface area (Å²) in [5, 5.41) is 6.78. The number of nitrogens with one attached hydrogen (secondary N) is 2. The van der Waals surface area contributed by atoms with Gasteiger partial charge in [0.1, 0.15) is 12.4 Å². The summed E-state index contributed by atoms with van der Waals surface area (Å²) in [7, 11) is 1.79. The topological polar surface area (TPSA) is 58.1 Å². The van der Waals surface area contributed by atoms with Crippen molar-refractivity contribution in [2.75, 3.05) is 53.0 Å². The van der Waals surface area contributed by atoms with E-state index in [1.54, 1.807) is 13.1 Å². The zero-order valence-corrected chi connectivity index (χ0v) is 18.8. The van der Waals surface area contributed by atoms with Crippen LogP contribution in [0.15, 0.2) is 41.9 Å². The predicted molar refractivity (Wildman–Crippen MR) is 122 cm³/mol. The second kappa shape index (κ2) is 13.8. The predicted octanol–water partition coefficient (Wildman–Crippen LogP) is 2.50. The SMILES string of the molecule is C=CCOc1ccccc1CNC(=NC)NCC(C)CN1CCOCC1.I. The number of nitrogens with zero attached hydrogens (tertiary/aromatic N) is 2. The van der Waals surface area contributed by atoms with Gasteiger partial charge in [-0.05, 0) is 12.0 Å². The molecule has 1 aromatic rings. The molecule has 0 saturated carbocycles. The van der Waals surface area contributed by atoms with Crippen molar-refractivity contribution in [3.05, 3.63) is 42.5 Å². The molecule has 0 spiro atoms. The molecule has 2 N–H and O–H groups in total. The number of morpholine rings is 1. The summed E-state index contributed by atoms with van der Waals surface area (Å²) in [6.07, 6.45) is 1.75. The van der Waals surface area contributed by atoms with Gasteiger partial charge in [0.05, 0.1) is 13.2 Å². The first kappa shape index (κ1) is 23.7. The molecule has 2 rings (SSSR count). The molecule has 1 aromatic carbocycles. The molecule has 1 aliphatic heterocycles. The van der Waals surface area contributed by atoms with Crippen LogP contribution in [-0.4, -0.2) is 63.9 Å². The molecule has 1 atom stereocenters. The molecule has 152 valence electrons. The Morgan fingerprint density at radius 2 is 2.07 bits per heavy atom. The van der Waals surface area contributed by atoms with Crippen LogP contribution in [0.2, 0.25) is 0 Å². The van der Waals surface area contributed by atoms with Crippen LogP contribution >= 0.6 is 24.0 Å². The van der Waals surface area contributed by atoms with E-state index in [1.807, 2.05) is 18.2 Å². The molecule has 0 bridgehead atoms. The zero-order valence-electron chi connectivity index (χ0n) is 16.4. The van der Waals surface area contributed by atoms with E-state index in [0.29, 0.717) is 19.1 Å². The minimum absolute atomic E-state index is 0. The minimum Gasteiger partial charge on any atom is -0.489 e. The third-order valence-corrected chi connectivity index (χ3v) is 4.29. The molecule has 1 fully saturated rings. The second-order valence-electron chi connectivity index (χ2n) is 6.53. The van der Waals surface area contributed by atoms with Gasteiger partial charge in [-0.2, -0.15) is 0 Å². The lowest BCUT2D eigenvalue weighted by atomic mass is 10.1. The monoisotopic (exact) mass is 488 g/mol. The number of halogens is 1. The summed E-state index contributed by atoms with van der Waals surface area (Å²) in [6.45, 7) is 12.8.